The molecule has 0 aliphatic heterocycles. The molecule has 0 bridgehead atoms. The van der Waals surface area contributed by atoms with Crippen LogP contribution < -0.4 is 10.6 Å². The van der Waals surface area contributed by atoms with Crippen LogP contribution in [0.4, 0.5) is 4.79 Å². The molecule has 0 spiro atoms. The fourth-order valence-electron chi connectivity index (χ4n) is 5.42. The molecule has 2 rings (SSSR count). The highest BCUT2D eigenvalue weighted by atomic mass is 16.5. The van der Waals surface area contributed by atoms with E-state index < -0.39 is 17.6 Å². The Hall–Kier alpha value is -1.83. The minimum atomic E-state index is -0.549. The molecule has 0 aromatic carbocycles. The van der Waals surface area contributed by atoms with Crippen LogP contribution in [-0.4, -0.2) is 56.0 Å². The summed E-state index contributed by atoms with van der Waals surface area (Å²) in [5, 5.41) is 16.4. The molecule has 2 fully saturated rings. The summed E-state index contributed by atoms with van der Waals surface area (Å²) < 4.78 is 9.66. The average molecular weight is 441 g/mol. The topological polar surface area (TPSA) is 114 Å². The summed E-state index contributed by atoms with van der Waals surface area (Å²) in [7, 11) is 1.35. The van der Waals surface area contributed by atoms with Gasteiger partial charge in [-0.2, -0.15) is 0 Å². The first kappa shape index (κ1) is 25.4. The highest BCUT2D eigenvalue weighted by Crippen LogP contribution is 2.54. The third kappa shape index (κ3) is 7.09. The Morgan fingerprint density at radius 3 is 2.39 bits per heavy atom. The van der Waals surface area contributed by atoms with Crippen molar-refractivity contribution in [1.29, 1.82) is 0 Å². The van der Waals surface area contributed by atoms with Gasteiger partial charge in [-0.25, -0.2) is 4.79 Å². The molecule has 0 radical (unpaired) electrons. The van der Waals surface area contributed by atoms with Gasteiger partial charge >= 0.3 is 12.1 Å². The molecule has 0 heterocycles. The minimum Gasteiger partial charge on any atom is -0.466 e. The van der Waals surface area contributed by atoms with Crippen molar-refractivity contribution < 1.29 is 29.0 Å². The molecule has 1 unspecified atom stereocenters. The molecule has 2 amide bonds. The Morgan fingerprint density at radius 1 is 1.00 bits per heavy atom. The lowest BCUT2D eigenvalue weighted by atomic mass is 9.54. The van der Waals surface area contributed by atoms with Gasteiger partial charge in [0.2, 0.25) is 5.91 Å². The van der Waals surface area contributed by atoms with E-state index in [9.17, 15) is 19.5 Å². The number of hydrogen-bond donors (Lipinski definition) is 3. The molecule has 178 valence electrons. The maximum absolute atomic E-state index is 13.3. The quantitative estimate of drug-likeness (QED) is 0.336. The molecule has 2 aliphatic rings. The SMILES string of the molecule is CCOC(=O)C[C@H]1C(O)CC[C@@]2(C(=O)NCCCCCCNC(=O)OC)CCCC[C@H]12. The van der Waals surface area contributed by atoms with Crippen LogP contribution in [0.3, 0.4) is 0 Å². The van der Waals surface area contributed by atoms with Crippen LogP contribution in [0.5, 0.6) is 0 Å². The van der Waals surface area contributed by atoms with Crippen molar-refractivity contribution in [3.8, 4) is 0 Å². The van der Waals surface area contributed by atoms with Gasteiger partial charge in [0.1, 0.15) is 0 Å². The number of hydrogen-bond acceptors (Lipinski definition) is 6. The summed E-state index contributed by atoms with van der Waals surface area (Å²) in [5.41, 5.74) is -0.473. The number of rotatable bonds is 11. The zero-order chi connectivity index (χ0) is 22.7. The Kier molecular flexibility index (Phi) is 10.6. The van der Waals surface area contributed by atoms with Gasteiger partial charge < -0.3 is 25.2 Å². The van der Waals surface area contributed by atoms with Crippen molar-refractivity contribution in [2.75, 3.05) is 26.8 Å². The lowest BCUT2D eigenvalue weighted by molar-refractivity contribution is -0.157. The molecule has 2 aliphatic carbocycles. The number of aliphatic hydroxyl groups excluding tert-OH is 1. The van der Waals surface area contributed by atoms with Gasteiger partial charge in [0.15, 0.2) is 0 Å². The number of methoxy groups -OCH3 is 1. The third-order valence-electron chi connectivity index (χ3n) is 7.00. The number of esters is 1. The molecule has 2 saturated carbocycles. The van der Waals surface area contributed by atoms with Crippen LogP contribution >= 0.6 is 0 Å². The molecule has 0 aromatic rings. The van der Waals surface area contributed by atoms with Crippen molar-refractivity contribution in [1.82, 2.24) is 10.6 Å². The highest BCUT2D eigenvalue weighted by Gasteiger charge is 2.54. The Balaban J connectivity index is 1.83. The summed E-state index contributed by atoms with van der Waals surface area (Å²) in [5.74, 6) is -0.375. The van der Waals surface area contributed by atoms with E-state index in [0.717, 1.165) is 51.4 Å². The summed E-state index contributed by atoms with van der Waals surface area (Å²) in [6, 6.07) is 0. The number of fused-ring (bicyclic) bond motifs is 1. The molecule has 0 aromatic heterocycles. The van der Waals surface area contributed by atoms with Crippen LogP contribution in [0.1, 0.15) is 77.6 Å². The molecule has 0 saturated heterocycles. The van der Waals surface area contributed by atoms with E-state index in [1.54, 1.807) is 6.92 Å². The van der Waals surface area contributed by atoms with Gasteiger partial charge in [-0.15, -0.1) is 0 Å². The molecule has 31 heavy (non-hydrogen) atoms. The Morgan fingerprint density at radius 2 is 1.71 bits per heavy atom. The van der Waals surface area contributed by atoms with Crippen molar-refractivity contribution in [2.45, 2.75) is 83.7 Å². The Bertz CT molecular complexity index is 599. The van der Waals surface area contributed by atoms with Crippen LogP contribution in [-0.2, 0) is 19.1 Å². The largest absolute Gasteiger partial charge is 0.466 e. The number of amides is 2. The predicted molar refractivity (Wildman–Crippen MR) is 116 cm³/mol. The molecule has 8 heteroatoms. The second-order valence-corrected chi connectivity index (χ2v) is 8.88. The highest BCUT2D eigenvalue weighted by molar-refractivity contribution is 5.83. The fourth-order valence-corrected chi connectivity index (χ4v) is 5.42. The van der Waals surface area contributed by atoms with Crippen LogP contribution in [0, 0.1) is 17.3 Å². The van der Waals surface area contributed by atoms with E-state index in [-0.39, 0.29) is 30.1 Å². The fraction of sp³-hybridized carbons (Fsp3) is 0.870. The van der Waals surface area contributed by atoms with Gasteiger partial charge in [0, 0.05) is 13.1 Å². The smallest absolute Gasteiger partial charge is 0.406 e. The number of aliphatic hydroxyl groups is 1. The van der Waals surface area contributed by atoms with Crippen LogP contribution in [0.25, 0.3) is 0 Å². The van der Waals surface area contributed by atoms with Crippen molar-refractivity contribution in [3.05, 3.63) is 0 Å². The van der Waals surface area contributed by atoms with E-state index in [2.05, 4.69) is 15.4 Å². The summed E-state index contributed by atoms with van der Waals surface area (Å²) in [6.45, 7) is 3.33. The number of carbonyl (C=O) groups excluding carboxylic acids is 3. The number of nitrogens with one attached hydrogen (secondary N) is 2. The van der Waals surface area contributed by atoms with Gasteiger partial charge in [-0.05, 0) is 57.3 Å². The van der Waals surface area contributed by atoms with Gasteiger partial charge in [0.05, 0.1) is 31.7 Å². The van der Waals surface area contributed by atoms with E-state index in [1.807, 2.05) is 0 Å². The average Bonchev–Trinajstić information content (AvgIpc) is 2.77. The molecule has 4 atom stereocenters. The van der Waals surface area contributed by atoms with Crippen molar-refractivity contribution >= 4 is 18.0 Å². The molecular weight excluding hydrogens is 400 g/mol. The lowest BCUT2D eigenvalue weighted by Gasteiger charge is -2.51. The van der Waals surface area contributed by atoms with Crippen LogP contribution in [0.15, 0.2) is 0 Å². The van der Waals surface area contributed by atoms with E-state index in [0.29, 0.717) is 32.5 Å². The first-order valence-electron chi connectivity index (χ1n) is 11.9. The van der Waals surface area contributed by atoms with E-state index in [4.69, 9.17) is 4.74 Å². The maximum Gasteiger partial charge on any atom is 0.406 e. The Labute approximate surface area is 185 Å². The number of unbranched alkanes of at least 4 members (excludes halogenated alkanes) is 3. The monoisotopic (exact) mass is 440 g/mol. The minimum absolute atomic E-state index is 0.0267. The second-order valence-electron chi connectivity index (χ2n) is 8.88. The third-order valence-corrected chi connectivity index (χ3v) is 7.00. The first-order chi connectivity index (χ1) is 14.9. The van der Waals surface area contributed by atoms with E-state index in [1.165, 1.54) is 7.11 Å². The lowest BCUT2D eigenvalue weighted by Crippen LogP contribution is -2.55. The van der Waals surface area contributed by atoms with Gasteiger partial charge in [0.25, 0.3) is 0 Å². The number of alkyl carbamates (subject to hydrolysis) is 1. The summed E-state index contributed by atoms with van der Waals surface area (Å²) in [4.78, 5) is 36.4. The van der Waals surface area contributed by atoms with Crippen LogP contribution in [0.2, 0.25) is 0 Å². The van der Waals surface area contributed by atoms with Crippen molar-refractivity contribution in [2.24, 2.45) is 17.3 Å². The van der Waals surface area contributed by atoms with E-state index >= 15 is 0 Å². The summed E-state index contributed by atoms with van der Waals surface area (Å²) in [6.07, 6.45) is 7.94. The molecule has 8 nitrogen and oxygen atoms in total. The number of carbonyl (C=O) groups is 3. The summed E-state index contributed by atoms with van der Waals surface area (Å²) >= 11 is 0. The standard InChI is InChI=1S/C23H40N2O6/c1-3-31-20(27)16-17-18-10-6-7-12-23(18,13-11-19(17)26)21(28)24-14-8-4-5-9-15-25-22(29)30-2/h17-19,26H,3-16H2,1-2H3,(H,24,28)(H,25,29)/t17-,18-,19?,23+/m1/s1. The zero-order valence-electron chi connectivity index (χ0n) is 19.1. The predicted octanol–water partition coefficient (Wildman–Crippen LogP) is 2.92. The first-order valence-corrected chi connectivity index (χ1v) is 11.9. The normalized spacial score (nSPS) is 27.6. The van der Waals surface area contributed by atoms with Gasteiger partial charge in [-0.1, -0.05) is 25.7 Å². The second kappa shape index (κ2) is 12.9. The zero-order valence-corrected chi connectivity index (χ0v) is 19.1. The maximum atomic E-state index is 13.3. The van der Waals surface area contributed by atoms with Crippen molar-refractivity contribution in [3.63, 3.8) is 0 Å². The molecule has 3 N–H and O–H groups in total. The van der Waals surface area contributed by atoms with Gasteiger partial charge in [-0.3, -0.25) is 9.59 Å². The molecular formula is C23H40N2O6. The number of ether oxygens (including phenoxy) is 2.